The van der Waals surface area contributed by atoms with E-state index in [0.29, 0.717) is 29.5 Å². The maximum Gasteiger partial charge on any atom is 0.226 e. The summed E-state index contributed by atoms with van der Waals surface area (Å²) in [6.45, 7) is 4.70. The first-order chi connectivity index (χ1) is 14.5. The van der Waals surface area contributed by atoms with Gasteiger partial charge in [-0.05, 0) is 38.0 Å². The second kappa shape index (κ2) is 10.3. The maximum absolute atomic E-state index is 13.4. The number of carbonyl (C=O) groups is 2. The number of thiophene rings is 1. The van der Waals surface area contributed by atoms with Gasteiger partial charge >= 0.3 is 0 Å². The Kier molecular flexibility index (Phi) is 7.78. The molecule has 0 spiro atoms. The van der Waals surface area contributed by atoms with Gasteiger partial charge in [0.2, 0.25) is 11.8 Å². The summed E-state index contributed by atoms with van der Waals surface area (Å²) in [5.41, 5.74) is 0.885. The molecule has 0 saturated carbocycles. The van der Waals surface area contributed by atoms with Crippen LogP contribution in [0.5, 0.6) is 5.75 Å². The molecule has 1 fully saturated rings. The van der Waals surface area contributed by atoms with Gasteiger partial charge in [-0.2, -0.15) is 0 Å². The van der Waals surface area contributed by atoms with Gasteiger partial charge < -0.3 is 15.0 Å². The molecule has 7 heteroatoms. The van der Waals surface area contributed by atoms with Crippen molar-refractivity contribution in [1.82, 2.24) is 10.2 Å². The first-order valence-electron chi connectivity index (χ1n) is 10.4. The number of halogens is 1. The van der Waals surface area contributed by atoms with E-state index < -0.39 is 0 Å². The molecule has 0 radical (unpaired) electrons. The fourth-order valence-corrected chi connectivity index (χ4v) is 5.13. The van der Waals surface area contributed by atoms with Crippen LogP contribution in [0.2, 0.25) is 4.34 Å². The Bertz CT molecular complexity index is 885. The summed E-state index contributed by atoms with van der Waals surface area (Å²) < 4.78 is 6.29. The third-order valence-corrected chi connectivity index (χ3v) is 7.05. The van der Waals surface area contributed by atoms with E-state index >= 15 is 0 Å². The summed E-state index contributed by atoms with van der Waals surface area (Å²) in [6.07, 6.45) is 2.78. The summed E-state index contributed by atoms with van der Waals surface area (Å²) in [6, 6.07) is 11.0. The van der Waals surface area contributed by atoms with Gasteiger partial charge in [-0.1, -0.05) is 43.1 Å². The topological polar surface area (TPSA) is 58.6 Å². The summed E-state index contributed by atoms with van der Waals surface area (Å²) in [5.74, 6) is 0.418. The first kappa shape index (κ1) is 22.6. The zero-order chi connectivity index (χ0) is 21.7. The molecule has 162 valence electrons. The lowest BCUT2D eigenvalue weighted by Crippen LogP contribution is -2.48. The first-order valence-corrected chi connectivity index (χ1v) is 11.6. The van der Waals surface area contributed by atoms with E-state index in [-0.39, 0.29) is 29.8 Å². The Labute approximate surface area is 187 Å². The molecule has 1 aliphatic heterocycles. The Morgan fingerprint density at radius 3 is 2.77 bits per heavy atom. The molecule has 2 aromatic rings. The van der Waals surface area contributed by atoms with E-state index in [9.17, 15) is 9.59 Å². The van der Waals surface area contributed by atoms with Gasteiger partial charge in [-0.3, -0.25) is 9.59 Å². The van der Waals surface area contributed by atoms with Crippen LogP contribution in [0.15, 0.2) is 36.4 Å². The quantitative estimate of drug-likeness (QED) is 0.590. The number of benzene rings is 1. The van der Waals surface area contributed by atoms with E-state index in [1.165, 1.54) is 11.3 Å². The van der Waals surface area contributed by atoms with Crippen LogP contribution < -0.4 is 10.1 Å². The number of methoxy groups -OCH3 is 1. The van der Waals surface area contributed by atoms with Crippen molar-refractivity contribution in [3.63, 3.8) is 0 Å². The Hall–Kier alpha value is -2.05. The highest BCUT2D eigenvalue weighted by molar-refractivity contribution is 7.16. The molecule has 1 aliphatic rings. The largest absolute Gasteiger partial charge is 0.496 e. The number of nitrogens with zero attached hydrogens (tertiary/aromatic N) is 1. The number of para-hydroxylation sites is 1. The normalized spacial score (nSPS) is 20.1. The summed E-state index contributed by atoms with van der Waals surface area (Å²) >= 11 is 7.52. The van der Waals surface area contributed by atoms with E-state index in [1.54, 1.807) is 7.11 Å². The minimum atomic E-state index is -0.340. The van der Waals surface area contributed by atoms with Crippen LogP contribution in [0.4, 0.5) is 0 Å². The second-order valence-electron chi connectivity index (χ2n) is 7.64. The van der Waals surface area contributed by atoms with E-state index in [4.69, 9.17) is 16.3 Å². The van der Waals surface area contributed by atoms with Crippen LogP contribution in [0.3, 0.4) is 0 Å². The molecule has 3 unspecified atom stereocenters. The van der Waals surface area contributed by atoms with Crippen LogP contribution in [0.1, 0.15) is 62.1 Å². The number of hydrogen-bond acceptors (Lipinski definition) is 4. The lowest BCUT2D eigenvalue weighted by molar-refractivity contribution is -0.143. The third kappa shape index (κ3) is 4.98. The van der Waals surface area contributed by atoms with Gasteiger partial charge in [0.15, 0.2) is 0 Å². The second-order valence-corrected chi connectivity index (χ2v) is 9.39. The molecule has 30 heavy (non-hydrogen) atoms. The highest BCUT2D eigenvalue weighted by atomic mass is 35.5. The van der Waals surface area contributed by atoms with Crippen LogP contribution in [0.25, 0.3) is 0 Å². The predicted octanol–water partition coefficient (Wildman–Crippen LogP) is 5.37. The number of amides is 2. The molecule has 1 saturated heterocycles. The lowest BCUT2D eigenvalue weighted by Gasteiger charge is -2.41. The SMILES string of the molecule is CCCCN1C(=O)CCC(C(=O)NC(C)c2ccc(Cl)s2)C1c1ccccc1OC. The number of carbonyl (C=O) groups excluding carboxylic acids is 2. The van der Waals surface area contributed by atoms with E-state index in [0.717, 1.165) is 23.3 Å². The molecular weight excluding hydrogens is 420 g/mol. The van der Waals surface area contributed by atoms with Crippen LogP contribution in [-0.2, 0) is 9.59 Å². The molecule has 3 atom stereocenters. The van der Waals surface area contributed by atoms with Gasteiger partial charge in [-0.25, -0.2) is 0 Å². The Morgan fingerprint density at radius 2 is 2.10 bits per heavy atom. The lowest BCUT2D eigenvalue weighted by atomic mass is 9.82. The van der Waals surface area contributed by atoms with E-state index in [2.05, 4.69) is 12.2 Å². The fourth-order valence-electron chi connectivity index (χ4n) is 4.07. The standard InChI is InChI=1S/C23H29ClN2O3S/c1-4-5-14-26-21(27)13-10-17(22(26)16-8-6-7-9-18(16)29-3)23(28)25-15(2)19-11-12-20(24)30-19/h6-9,11-12,15,17,22H,4-5,10,13-14H2,1-3H3,(H,25,28). The molecule has 5 nitrogen and oxygen atoms in total. The zero-order valence-corrected chi connectivity index (χ0v) is 19.3. The number of nitrogens with one attached hydrogen (secondary N) is 1. The van der Waals surface area contributed by atoms with Crippen molar-refractivity contribution in [3.8, 4) is 5.75 Å². The molecule has 0 aliphatic carbocycles. The number of likely N-dealkylation sites (tertiary alicyclic amines) is 1. The fraction of sp³-hybridized carbons (Fsp3) is 0.478. The number of rotatable bonds is 8. The molecule has 1 aromatic carbocycles. The third-order valence-electron chi connectivity index (χ3n) is 5.63. The van der Waals surface area contributed by atoms with Gasteiger partial charge in [0.25, 0.3) is 0 Å². The molecule has 2 amide bonds. The average Bonchev–Trinajstić information content (AvgIpc) is 3.19. The van der Waals surface area contributed by atoms with Crippen LogP contribution in [0, 0.1) is 5.92 Å². The summed E-state index contributed by atoms with van der Waals surface area (Å²) in [5, 5.41) is 3.14. The molecule has 1 aromatic heterocycles. The summed E-state index contributed by atoms with van der Waals surface area (Å²) in [7, 11) is 1.62. The van der Waals surface area contributed by atoms with Crippen molar-refractivity contribution in [2.75, 3.05) is 13.7 Å². The molecule has 1 N–H and O–H groups in total. The number of unbranched alkanes of at least 4 members (excludes halogenated alkanes) is 1. The Balaban J connectivity index is 1.91. The minimum Gasteiger partial charge on any atom is -0.496 e. The van der Waals surface area contributed by atoms with Crippen molar-refractivity contribution in [2.45, 2.75) is 51.6 Å². The Morgan fingerprint density at radius 1 is 1.33 bits per heavy atom. The van der Waals surface area contributed by atoms with Crippen LogP contribution in [-0.4, -0.2) is 30.4 Å². The number of hydrogen-bond donors (Lipinski definition) is 1. The molecule has 3 rings (SSSR count). The minimum absolute atomic E-state index is 0.0445. The zero-order valence-electron chi connectivity index (χ0n) is 17.7. The van der Waals surface area contributed by atoms with Crippen molar-refractivity contribution in [3.05, 3.63) is 51.2 Å². The van der Waals surface area contributed by atoms with Crippen molar-refractivity contribution < 1.29 is 14.3 Å². The van der Waals surface area contributed by atoms with E-state index in [1.807, 2.05) is 48.2 Å². The van der Waals surface area contributed by atoms with Crippen molar-refractivity contribution >= 4 is 34.8 Å². The van der Waals surface area contributed by atoms with Crippen molar-refractivity contribution in [1.29, 1.82) is 0 Å². The van der Waals surface area contributed by atoms with Crippen molar-refractivity contribution in [2.24, 2.45) is 5.92 Å². The molecular formula is C23H29ClN2O3S. The van der Waals surface area contributed by atoms with Gasteiger partial charge in [0.1, 0.15) is 5.75 Å². The predicted molar refractivity (Wildman–Crippen MR) is 121 cm³/mol. The maximum atomic E-state index is 13.4. The smallest absolute Gasteiger partial charge is 0.226 e. The highest BCUT2D eigenvalue weighted by Crippen LogP contribution is 2.41. The number of piperidine rings is 1. The molecule has 2 heterocycles. The monoisotopic (exact) mass is 448 g/mol. The van der Waals surface area contributed by atoms with Gasteiger partial charge in [0.05, 0.1) is 29.4 Å². The van der Waals surface area contributed by atoms with Gasteiger partial charge in [0, 0.05) is 23.4 Å². The highest BCUT2D eigenvalue weighted by Gasteiger charge is 2.41. The number of ether oxygens (including phenoxy) is 1. The van der Waals surface area contributed by atoms with Gasteiger partial charge in [-0.15, -0.1) is 11.3 Å². The molecule has 0 bridgehead atoms. The summed E-state index contributed by atoms with van der Waals surface area (Å²) in [4.78, 5) is 29.1. The van der Waals surface area contributed by atoms with Crippen LogP contribution >= 0.6 is 22.9 Å². The average molecular weight is 449 g/mol.